The summed E-state index contributed by atoms with van der Waals surface area (Å²) in [6.45, 7) is 1.96. The molecule has 2 N–H and O–H groups in total. The molecular weight excluding hydrogens is 226 g/mol. The zero-order valence-electron chi connectivity index (χ0n) is 10.8. The molecule has 2 aromatic heterocycles. The number of fused-ring (bicyclic) bond motifs is 1. The smallest absolute Gasteiger partial charge is 0.199 e. The molecule has 0 aromatic carbocycles. The SMILES string of the molecule is Cc1ccc2oc(CC3(N)CCCCC3)nc2n1. The molecule has 4 heteroatoms. The van der Waals surface area contributed by atoms with Gasteiger partial charge in [-0.3, -0.25) is 0 Å². The number of pyridine rings is 1. The van der Waals surface area contributed by atoms with Crippen LogP contribution in [0.5, 0.6) is 0 Å². The highest BCUT2D eigenvalue weighted by molar-refractivity contribution is 5.67. The van der Waals surface area contributed by atoms with Crippen LogP contribution in [0.25, 0.3) is 11.2 Å². The van der Waals surface area contributed by atoms with Gasteiger partial charge in [-0.05, 0) is 31.9 Å². The van der Waals surface area contributed by atoms with Gasteiger partial charge in [0.05, 0.1) is 0 Å². The largest absolute Gasteiger partial charge is 0.439 e. The van der Waals surface area contributed by atoms with Gasteiger partial charge in [-0.1, -0.05) is 19.3 Å². The highest BCUT2D eigenvalue weighted by atomic mass is 16.3. The molecule has 3 rings (SSSR count). The van der Waals surface area contributed by atoms with Gasteiger partial charge in [-0.25, -0.2) is 4.98 Å². The van der Waals surface area contributed by atoms with Crippen molar-refractivity contribution in [2.45, 2.75) is 51.0 Å². The van der Waals surface area contributed by atoms with Crippen LogP contribution in [0.15, 0.2) is 16.5 Å². The highest BCUT2D eigenvalue weighted by Crippen LogP contribution is 2.29. The average Bonchev–Trinajstić information content (AvgIpc) is 2.70. The number of aromatic nitrogens is 2. The third-order valence-electron chi connectivity index (χ3n) is 3.79. The Balaban J connectivity index is 1.86. The van der Waals surface area contributed by atoms with Gasteiger partial charge in [-0.2, -0.15) is 4.98 Å². The van der Waals surface area contributed by atoms with Crippen molar-refractivity contribution in [2.24, 2.45) is 5.73 Å². The predicted molar refractivity (Wildman–Crippen MR) is 70.2 cm³/mol. The van der Waals surface area contributed by atoms with E-state index in [9.17, 15) is 0 Å². The van der Waals surface area contributed by atoms with E-state index in [1.165, 1.54) is 19.3 Å². The van der Waals surface area contributed by atoms with Crippen LogP contribution in [-0.2, 0) is 6.42 Å². The zero-order chi connectivity index (χ0) is 12.6. The minimum absolute atomic E-state index is 0.131. The van der Waals surface area contributed by atoms with E-state index in [2.05, 4.69) is 9.97 Å². The van der Waals surface area contributed by atoms with Crippen molar-refractivity contribution in [3.05, 3.63) is 23.7 Å². The van der Waals surface area contributed by atoms with Crippen molar-refractivity contribution in [3.63, 3.8) is 0 Å². The molecule has 18 heavy (non-hydrogen) atoms. The fourth-order valence-electron chi connectivity index (χ4n) is 2.77. The molecular formula is C14H19N3O. The van der Waals surface area contributed by atoms with Crippen LogP contribution >= 0.6 is 0 Å². The summed E-state index contributed by atoms with van der Waals surface area (Å²) < 4.78 is 5.74. The molecule has 1 fully saturated rings. The van der Waals surface area contributed by atoms with E-state index >= 15 is 0 Å². The third-order valence-corrected chi connectivity index (χ3v) is 3.79. The minimum Gasteiger partial charge on any atom is -0.439 e. The number of hydrogen-bond acceptors (Lipinski definition) is 4. The number of rotatable bonds is 2. The molecule has 0 unspecified atom stereocenters. The standard InChI is InChI=1S/C14H19N3O/c1-10-5-6-11-13(16-10)17-12(18-11)9-14(15)7-3-2-4-8-14/h5-6H,2-4,7-9,15H2,1H3. The fourth-order valence-corrected chi connectivity index (χ4v) is 2.77. The van der Waals surface area contributed by atoms with Gasteiger partial charge >= 0.3 is 0 Å². The molecule has 2 heterocycles. The van der Waals surface area contributed by atoms with Crippen molar-refractivity contribution in [2.75, 3.05) is 0 Å². The normalized spacial score (nSPS) is 19.2. The van der Waals surface area contributed by atoms with Crippen molar-refractivity contribution in [1.82, 2.24) is 9.97 Å². The lowest BCUT2D eigenvalue weighted by Crippen LogP contribution is -2.43. The first-order valence-electron chi connectivity index (χ1n) is 6.67. The van der Waals surface area contributed by atoms with Crippen LogP contribution in [0.2, 0.25) is 0 Å². The van der Waals surface area contributed by atoms with Crippen LogP contribution in [0, 0.1) is 6.92 Å². The van der Waals surface area contributed by atoms with Crippen LogP contribution in [0.4, 0.5) is 0 Å². The molecule has 0 amide bonds. The van der Waals surface area contributed by atoms with Crippen molar-refractivity contribution in [3.8, 4) is 0 Å². The van der Waals surface area contributed by atoms with E-state index in [0.717, 1.165) is 36.4 Å². The van der Waals surface area contributed by atoms with Gasteiger partial charge < -0.3 is 10.2 Å². The number of aryl methyl sites for hydroxylation is 1. The van der Waals surface area contributed by atoms with Crippen molar-refractivity contribution in [1.29, 1.82) is 0 Å². The van der Waals surface area contributed by atoms with E-state index in [4.69, 9.17) is 10.2 Å². The lowest BCUT2D eigenvalue weighted by molar-refractivity contribution is 0.276. The van der Waals surface area contributed by atoms with Gasteiger partial charge in [0.15, 0.2) is 17.1 Å². The van der Waals surface area contributed by atoms with Crippen LogP contribution in [0.1, 0.15) is 43.7 Å². The van der Waals surface area contributed by atoms with E-state index in [-0.39, 0.29) is 5.54 Å². The first kappa shape index (κ1) is 11.7. The molecule has 1 saturated carbocycles. The summed E-state index contributed by atoms with van der Waals surface area (Å²) in [4.78, 5) is 8.82. The maximum absolute atomic E-state index is 6.42. The fraction of sp³-hybridized carbons (Fsp3) is 0.571. The summed E-state index contributed by atoms with van der Waals surface area (Å²) in [6, 6.07) is 3.87. The van der Waals surface area contributed by atoms with Crippen LogP contribution in [-0.4, -0.2) is 15.5 Å². The number of nitrogens with two attached hydrogens (primary N) is 1. The van der Waals surface area contributed by atoms with Crippen molar-refractivity contribution >= 4 is 11.2 Å². The second-order valence-corrected chi connectivity index (χ2v) is 5.48. The predicted octanol–water partition coefficient (Wildman–Crippen LogP) is 2.74. The summed E-state index contributed by atoms with van der Waals surface area (Å²) in [5.74, 6) is 0.729. The Bertz CT molecular complexity index is 555. The average molecular weight is 245 g/mol. The van der Waals surface area contributed by atoms with E-state index in [1.54, 1.807) is 0 Å². The summed E-state index contributed by atoms with van der Waals surface area (Å²) in [5, 5.41) is 0. The summed E-state index contributed by atoms with van der Waals surface area (Å²) in [7, 11) is 0. The Hall–Kier alpha value is -1.42. The Labute approximate surface area is 107 Å². The second kappa shape index (κ2) is 4.35. The lowest BCUT2D eigenvalue weighted by atomic mass is 9.80. The van der Waals surface area contributed by atoms with Gasteiger partial charge in [0, 0.05) is 17.7 Å². The first-order valence-corrected chi connectivity index (χ1v) is 6.67. The van der Waals surface area contributed by atoms with Gasteiger partial charge in [0.1, 0.15) is 0 Å². The quantitative estimate of drug-likeness (QED) is 0.883. The molecule has 0 aliphatic heterocycles. The lowest BCUT2D eigenvalue weighted by Gasteiger charge is -2.32. The molecule has 0 atom stereocenters. The first-order chi connectivity index (χ1) is 8.65. The molecule has 0 radical (unpaired) electrons. The summed E-state index contributed by atoms with van der Waals surface area (Å²) >= 11 is 0. The molecule has 0 saturated heterocycles. The number of nitrogens with zero attached hydrogens (tertiary/aromatic N) is 2. The van der Waals surface area contributed by atoms with Crippen LogP contribution < -0.4 is 5.73 Å². The third kappa shape index (κ3) is 2.25. The molecule has 0 spiro atoms. The van der Waals surface area contributed by atoms with Crippen LogP contribution in [0.3, 0.4) is 0 Å². The molecule has 0 bridgehead atoms. The number of oxazole rings is 1. The van der Waals surface area contributed by atoms with Gasteiger partial charge in [0.25, 0.3) is 0 Å². The molecule has 4 nitrogen and oxygen atoms in total. The zero-order valence-corrected chi connectivity index (χ0v) is 10.8. The van der Waals surface area contributed by atoms with Gasteiger partial charge in [-0.15, -0.1) is 0 Å². The Morgan fingerprint density at radius 2 is 2.00 bits per heavy atom. The van der Waals surface area contributed by atoms with E-state index in [0.29, 0.717) is 5.65 Å². The maximum Gasteiger partial charge on any atom is 0.199 e. The van der Waals surface area contributed by atoms with Crippen molar-refractivity contribution < 1.29 is 4.42 Å². The highest BCUT2D eigenvalue weighted by Gasteiger charge is 2.29. The second-order valence-electron chi connectivity index (χ2n) is 5.48. The Morgan fingerprint density at radius 3 is 2.78 bits per heavy atom. The van der Waals surface area contributed by atoms with E-state index < -0.39 is 0 Å². The summed E-state index contributed by atoms with van der Waals surface area (Å²) in [6.07, 6.45) is 6.59. The molecule has 1 aliphatic carbocycles. The minimum atomic E-state index is -0.131. The molecule has 1 aliphatic rings. The molecule has 96 valence electrons. The molecule has 2 aromatic rings. The Kier molecular flexibility index (Phi) is 2.82. The topological polar surface area (TPSA) is 64.9 Å². The monoisotopic (exact) mass is 245 g/mol. The Morgan fingerprint density at radius 1 is 1.22 bits per heavy atom. The number of hydrogen-bond donors (Lipinski definition) is 1. The summed E-state index contributed by atoms with van der Waals surface area (Å²) in [5.41, 5.74) is 8.71. The van der Waals surface area contributed by atoms with E-state index in [1.807, 2.05) is 19.1 Å². The maximum atomic E-state index is 6.42. The van der Waals surface area contributed by atoms with Gasteiger partial charge in [0.2, 0.25) is 0 Å².